The molecule has 1 aliphatic heterocycles. The van der Waals surface area contributed by atoms with E-state index >= 15 is 0 Å². The molecule has 0 radical (unpaired) electrons. The quantitative estimate of drug-likeness (QED) is 0.155. The van der Waals surface area contributed by atoms with E-state index in [4.69, 9.17) is 15.7 Å². The van der Waals surface area contributed by atoms with Gasteiger partial charge in [0.15, 0.2) is 0 Å². The molecular formula is C50H46N4. The van der Waals surface area contributed by atoms with Gasteiger partial charge >= 0.3 is 0 Å². The van der Waals surface area contributed by atoms with Crippen LogP contribution in [0.15, 0.2) is 173 Å². The van der Waals surface area contributed by atoms with Crippen molar-refractivity contribution < 1.29 is 0 Å². The summed E-state index contributed by atoms with van der Waals surface area (Å²) in [6.07, 6.45) is 22.6. The SMILES string of the molecule is CC(N=C(N=C(N)c1ccc(-c2ccc(-c3ccc4c(c3)C(C)(C)C3=C4C4NC5=CC=CCC5C4C=C3)cc2)cc1)C12C=CC=CC1C2)c1ccccc1. The highest BCUT2D eigenvalue weighted by Crippen LogP contribution is 2.58. The largest absolute Gasteiger partial charge is 0.383 e. The van der Waals surface area contributed by atoms with E-state index < -0.39 is 0 Å². The number of hydrogen-bond acceptors (Lipinski definition) is 2. The van der Waals surface area contributed by atoms with Crippen LogP contribution in [0.1, 0.15) is 61.9 Å². The lowest BCUT2D eigenvalue weighted by molar-refractivity contribution is 0.490. The minimum atomic E-state index is -0.170. The van der Waals surface area contributed by atoms with Gasteiger partial charge in [0.1, 0.15) is 11.7 Å². The lowest BCUT2D eigenvalue weighted by Gasteiger charge is -2.29. The van der Waals surface area contributed by atoms with Gasteiger partial charge < -0.3 is 11.1 Å². The van der Waals surface area contributed by atoms with Gasteiger partial charge in [0.2, 0.25) is 0 Å². The first kappa shape index (κ1) is 32.9. The maximum absolute atomic E-state index is 6.73. The molecule has 6 aliphatic rings. The third-order valence-electron chi connectivity index (χ3n) is 13.0. The molecule has 1 heterocycles. The molecule has 3 N–H and O–H groups in total. The number of hydrogen-bond donors (Lipinski definition) is 2. The maximum Gasteiger partial charge on any atom is 0.137 e. The van der Waals surface area contributed by atoms with Gasteiger partial charge in [-0.3, -0.25) is 4.99 Å². The van der Waals surface area contributed by atoms with Gasteiger partial charge in [-0.15, -0.1) is 0 Å². The Labute approximate surface area is 319 Å². The second-order valence-electron chi connectivity index (χ2n) is 16.4. The average molecular weight is 703 g/mol. The Bertz CT molecular complexity index is 2420. The zero-order valence-electron chi connectivity index (χ0n) is 31.2. The molecule has 6 atom stereocenters. The van der Waals surface area contributed by atoms with Crippen LogP contribution in [0.2, 0.25) is 0 Å². The van der Waals surface area contributed by atoms with Crippen molar-refractivity contribution in [1.82, 2.24) is 5.32 Å². The molecule has 0 aromatic heterocycles. The van der Waals surface area contributed by atoms with Crippen molar-refractivity contribution in [3.8, 4) is 22.3 Å². The number of allylic oxidation sites excluding steroid dienone is 9. The Hall–Kier alpha value is -5.74. The second-order valence-corrected chi connectivity index (χ2v) is 16.4. The van der Waals surface area contributed by atoms with Crippen LogP contribution in [0.3, 0.4) is 0 Å². The first-order valence-corrected chi connectivity index (χ1v) is 19.6. The minimum absolute atomic E-state index is 0.0159. The van der Waals surface area contributed by atoms with Crippen LogP contribution < -0.4 is 11.1 Å². The summed E-state index contributed by atoms with van der Waals surface area (Å²) in [6, 6.07) is 35.3. The Morgan fingerprint density at radius 1 is 0.833 bits per heavy atom. The Kier molecular flexibility index (Phi) is 7.56. The van der Waals surface area contributed by atoms with E-state index in [-0.39, 0.29) is 16.9 Å². The van der Waals surface area contributed by atoms with Crippen molar-refractivity contribution in [2.75, 3.05) is 0 Å². The van der Waals surface area contributed by atoms with Crippen LogP contribution in [0.25, 0.3) is 27.8 Å². The van der Waals surface area contributed by atoms with Crippen molar-refractivity contribution >= 4 is 17.2 Å². The second kappa shape index (κ2) is 12.4. The standard InChI is InChI=1S/C50H46N4/c1-31(32-11-5-4-6-12-32)52-48(50-28-10-9-13-38(50)30-50)54-47(51)36-22-20-34(21-23-36)33-16-18-35(19-17-33)37-24-25-41-43(29-37)49(2,3)42-27-26-40-39-14-7-8-15-44(39)53-46(40)45(41)42/h4-13,15-29,31,38-40,46,53H,14,30H2,1-3H3,(H2,51,52,54). The fourth-order valence-electron chi connectivity index (χ4n) is 9.73. The third kappa shape index (κ3) is 5.26. The Morgan fingerprint density at radius 3 is 2.31 bits per heavy atom. The molecule has 4 heteroatoms. The summed E-state index contributed by atoms with van der Waals surface area (Å²) in [5.41, 5.74) is 20.6. The topological polar surface area (TPSA) is 62.8 Å². The smallest absolute Gasteiger partial charge is 0.137 e. The van der Waals surface area contributed by atoms with E-state index in [9.17, 15) is 0 Å². The molecule has 1 saturated carbocycles. The van der Waals surface area contributed by atoms with Gasteiger partial charge in [0, 0.05) is 28.5 Å². The maximum atomic E-state index is 6.73. The highest BCUT2D eigenvalue weighted by atomic mass is 15.0. The van der Waals surface area contributed by atoms with E-state index in [2.05, 4.69) is 172 Å². The number of amidine groups is 2. The van der Waals surface area contributed by atoms with E-state index in [0.717, 1.165) is 29.8 Å². The van der Waals surface area contributed by atoms with Crippen LogP contribution in [0.5, 0.6) is 0 Å². The van der Waals surface area contributed by atoms with Crippen LogP contribution >= 0.6 is 0 Å². The number of rotatable bonds is 6. The van der Waals surface area contributed by atoms with Gasteiger partial charge in [-0.1, -0.05) is 153 Å². The minimum Gasteiger partial charge on any atom is -0.383 e. The van der Waals surface area contributed by atoms with Crippen molar-refractivity contribution in [2.24, 2.45) is 38.9 Å². The summed E-state index contributed by atoms with van der Waals surface area (Å²) in [7, 11) is 0. The highest BCUT2D eigenvalue weighted by Gasteiger charge is 2.56. The van der Waals surface area contributed by atoms with Gasteiger partial charge in [-0.05, 0) is 87.9 Å². The molecule has 0 bridgehead atoms. The highest BCUT2D eigenvalue weighted by molar-refractivity contribution is 6.08. The first-order chi connectivity index (χ1) is 26.3. The number of nitrogens with one attached hydrogen (secondary N) is 1. The first-order valence-electron chi connectivity index (χ1n) is 19.6. The molecule has 266 valence electrons. The predicted molar refractivity (Wildman–Crippen MR) is 224 cm³/mol. The number of fused-ring (bicyclic) bond motifs is 7. The summed E-state index contributed by atoms with van der Waals surface area (Å²) in [5, 5.41) is 3.94. The molecule has 0 spiro atoms. The van der Waals surface area contributed by atoms with Gasteiger partial charge in [-0.25, -0.2) is 4.99 Å². The summed E-state index contributed by atoms with van der Waals surface area (Å²) in [6.45, 7) is 6.91. The molecule has 4 aromatic rings. The Morgan fingerprint density at radius 2 is 1.56 bits per heavy atom. The molecule has 2 fully saturated rings. The average Bonchev–Trinajstić information content (AvgIpc) is 3.78. The van der Waals surface area contributed by atoms with Crippen molar-refractivity contribution in [2.45, 2.75) is 51.1 Å². The van der Waals surface area contributed by atoms with Crippen molar-refractivity contribution in [1.29, 1.82) is 0 Å². The van der Waals surface area contributed by atoms with Crippen LogP contribution in [-0.2, 0) is 5.41 Å². The van der Waals surface area contributed by atoms with Crippen molar-refractivity contribution in [3.05, 3.63) is 185 Å². The van der Waals surface area contributed by atoms with Crippen LogP contribution in [-0.4, -0.2) is 17.7 Å². The molecule has 0 amide bonds. The molecular weight excluding hydrogens is 657 g/mol. The Balaban J connectivity index is 0.887. The molecule has 4 aromatic carbocycles. The number of nitrogens with two attached hydrogens (primary N) is 1. The fraction of sp³-hybridized carbons (Fsp3) is 0.240. The number of aliphatic imine (C=N–C) groups is 2. The van der Waals surface area contributed by atoms with E-state index in [1.165, 1.54) is 50.2 Å². The lowest BCUT2D eigenvalue weighted by atomic mass is 9.75. The van der Waals surface area contributed by atoms with E-state index in [1.54, 1.807) is 0 Å². The fourth-order valence-corrected chi connectivity index (χ4v) is 9.73. The molecule has 54 heavy (non-hydrogen) atoms. The number of benzene rings is 4. The lowest BCUT2D eigenvalue weighted by Crippen LogP contribution is -2.30. The van der Waals surface area contributed by atoms with Crippen molar-refractivity contribution in [3.63, 3.8) is 0 Å². The summed E-state index contributed by atoms with van der Waals surface area (Å²) >= 11 is 0. The van der Waals surface area contributed by atoms with Gasteiger partial charge in [0.05, 0.1) is 17.5 Å². The summed E-state index contributed by atoms with van der Waals surface area (Å²) < 4.78 is 0. The van der Waals surface area contributed by atoms with Gasteiger partial charge in [0.25, 0.3) is 0 Å². The summed E-state index contributed by atoms with van der Waals surface area (Å²) in [5.74, 6) is 2.80. The third-order valence-corrected chi connectivity index (χ3v) is 13.0. The number of nitrogens with zero attached hydrogens (tertiary/aromatic N) is 2. The zero-order valence-corrected chi connectivity index (χ0v) is 31.2. The van der Waals surface area contributed by atoms with Crippen LogP contribution in [0, 0.1) is 23.2 Å². The molecule has 4 nitrogen and oxygen atoms in total. The van der Waals surface area contributed by atoms with E-state index in [1.807, 2.05) is 6.07 Å². The molecule has 10 rings (SSSR count). The monoisotopic (exact) mass is 702 g/mol. The molecule has 6 unspecified atom stereocenters. The zero-order chi connectivity index (χ0) is 36.6. The van der Waals surface area contributed by atoms with Gasteiger partial charge in [-0.2, -0.15) is 0 Å². The summed E-state index contributed by atoms with van der Waals surface area (Å²) in [4.78, 5) is 10.2. The predicted octanol–water partition coefficient (Wildman–Crippen LogP) is 10.7. The van der Waals surface area contributed by atoms with E-state index in [0.29, 0.717) is 29.6 Å². The van der Waals surface area contributed by atoms with Crippen LogP contribution in [0.4, 0.5) is 0 Å². The molecule has 1 saturated heterocycles. The molecule has 5 aliphatic carbocycles. The normalized spacial score (nSPS) is 27.4.